The van der Waals surface area contributed by atoms with E-state index in [1.54, 1.807) is 0 Å². The molecule has 20 heavy (non-hydrogen) atoms. The van der Waals surface area contributed by atoms with Gasteiger partial charge in [0.25, 0.3) is 5.78 Å². The number of hydrogen-bond donors (Lipinski definition) is 1. The topological polar surface area (TPSA) is 55.8 Å². The Labute approximate surface area is 112 Å². The molecular formula is C13H11F3O4. The zero-order valence-corrected chi connectivity index (χ0v) is 10.7. The van der Waals surface area contributed by atoms with Gasteiger partial charge in [0, 0.05) is 12.0 Å². The van der Waals surface area contributed by atoms with E-state index in [9.17, 15) is 23.1 Å². The normalized spacial score (nSPS) is 14.2. The molecule has 7 heteroatoms. The molecule has 2 rings (SSSR count). The number of carbonyl (C=O) groups excluding carboxylic acids is 1. The standard InChI is InChI=1S/C13H11F3O4/c1-19-9-4-6-3-8(12(18)13(14,15)16)11(17)7(6)5-10(9)20-2/h4-5,17H,3H2,1-2H3. The summed E-state index contributed by atoms with van der Waals surface area (Å²) in [6.07, 6.45) is -5.31. The molecule has 0 spiro atoms. The average molecular weight is 288 g/mol. The third-order valence-electron chi connectivity index (χ3n) is 3.05. The van der Waals surface area contributed by atoms with Gasteiger partial charge in [0.05, 0.1) is 19.8 Å². The van der Waals surface area contributed by atoms with Crippen LogP contribution in [0.5, 0.6) is 11.5 Å². The van der Waals surface area contributed by atoms with Crippen LogP contribution in [-0.4, -0.2) is 31.3 Å². The van der Waals surface area contributed by atoms with E-state index in [0.29, 0.717) is 11.3 Å². The number of aliphatic hydroxyl groups excluding tert-OH is 1. The first-order valence-corrected chi connectivity index (χ1v) is 5.58. The molecule has 0 unspecified atom stereocenters. The Morgan fingerprint density at radius 1 is 1.20 bits per heavy atom. The van der Waals surface area contributed by atoms with Crippen molar-refractivity contribution in [3.63, 3.8) is 0 Å². The minimum atomic E-state index is -5.01. The molecule has 0 aliphatic heterocycles. The lowest BCUT2D eigenvalue weighted by Gasteiger charge is -2.10. The number of alkyl halides is 3. The van der Waals surface area contributed by atoms with Crippen molar-refractivity contribution >= 4 is 11.5 Å². The van der Waals surface area contributed by atoms with Crippen LogP contribution < -0.4 is 9.47 Å². The summed E-state index contributed by atoms with van der Waals surface area (Å²) < 4.78 is 47.4. The summed E-state index contributed by atoms with van der Waals surface area (Å²) in [7, 11) is 2.75. The summed E-state index contributed by atoms with van der Waals surface area (Å²) in [6.45, 7) is 0. The number of Topliss-reactive ketones (excluding diaryl/α,β-unsaturated/α-hetero) is 1. The molecule has 0 radical (unpaired) electrons. The molecule has 0 saturated carbocycles. The van der Waals surface area contributed by atoms with E-state index >= 15 is 0 Å². The molecule has 1 aromatic rings. The molecule has 1 aliphatic carbocycles. The van der Waals surface area contributed by atoms with Crippen LogP contribution >= 0.6 is 0 Å². The SMILES string of the molecule is COc1cc2c(cc1OC)C(O)=C(C(=O)C(F)(F)F)C2. The van der Waals surface area contributed by atoms with Crippen LogP contribution in [0.15, 0.2) is 17.7 Å². The van der Waals surface area contributed by atoms with Crippen molar-refractivity contribution < 1.29 is 32.5 Å². The third kappa shape index (κ3) is 2.19. The van der Waals surface area contributed by atoms with Gasteiger partial charge >= 0.3 is 6.18 Å². The molecule has 4 nitrogen and oxygen atoms in total. The van der Waals surface area contributed by atoms with Crippen molar-refractivity contribution in [2.45, 2.75) is 12.6 Å². The van der Waals surface area contributed by atoms with Gasteiger partial charge in [0.15, 0.2) is 11.5 Å². The third-order valence-corrected chi connectivity index (χ3v) is 3.05. The summed E-state index contributed by atoms with van der Waals surface area (Å²) in [6, 6.07) is 2.79. The molecule has 0 atom stereocenters. The molecule has 1 N–H and O–H groups in total. The van der Waals surface area contributed by atoms with Crippen molar-refractivity contribution in [3.05, 3.63) is 28.8 Å². The predicted octanol–water partition coefficient (Wildman–Crippen LogP) is 2.66. The van der Waals surface area contributed by atoms with Crippen LogP contribution in [0.25, 0.3) is 5.76 Å². The van der Waals surface area contributed by atoms with Crippen LogP contribution in [-0.2, 0) is 11.2 Å². The minimum Gasteiger partial charge on any atom is -0.507 e. The van der Waals surface area contributed by atoms with E-state index in [0.717, 1.165) is 0 Å². The quantitative estimate of drug-likeness (QED) is 0.929. The minimum absolute atomic E-state index is 0.148. The number of allylic oxidation sites excluding steroid dienone is 1. The van der Waals surface area contributed by atoms with Crippen molar-refractivity contribution in [3.8, 4) is 11.5 Å². The summed E-state index contributed by atoms with van der Waals surface area (Å²) >= 11 is 0. The maximum Gasteiger partial charge on any atom is 0.454 e. The Bertz CT molecular complexity index is 602. The fraction of sp³-hybridized carbons (Fsp3) is 0.308. The van der Waals surface area contributed by atoms with E-state index < -0.39 is 23.3 Å². The van der Waals surface area contributed by atoms with Gasteiger partial charge in [-0.3, -0.25) is 4.79 Å². The molecule has 0 fully saturated rings. The highest BCUT2D eigenvalue weighted by Gasteiger charge is 2.44. The Balaban J connectivity index is 2.49. The number of rotatable bonds is 3. The van der Waals surface area contributed by atoms with Crippen LogP contribution in [0, 0.1) is 0 Å². The number of benzene rings is 1. The van der Waals surface area contributed by atoms with Gasteiger partial charge in [-0.05, 0) is 17.7 Å². The van der Waals surface area contributed by atoms with Gasteiger partial charge in [-0.1, -0.05) is 0 Å². The highest BCUT2D eigenvalue weighted by molar-refractivity contribution is 6.07. The fourth-order valence-electron chi connectivity index (χ4n) is 2.08. The second-order valence-electron chi connectivity index (χ2n) is 4.20. The first-order chi connectivity index (χ1) is 9.29. The number of halogens is 3. The first kappa shape index (κ1) is 14.2. The van der Waals surface area contributed by atoms with Crippen molar-refractivity contribution in [1.29, 1.82) is 0 Å². The van der Waals surface area contributed by atoms with Crippen molar-refractivity contribution in [1.82, 2.24) is 0 Å². The molecule has 108 valence electrons. The number of aliphatic hydroxyl groups is 1. The monoisotopic (exact) mass is 288 g/mol. The number of carbonyl (C=O) groups is 1. The van der Waals surface area contributed by atoms with E-state index in [1.807, 2.05) is 0 Å². The molecule has 1 aromatic carbocycles. The number of ketones is 1. The summed E-state index contributed by atoms with van der Waals surface area (Å²) in [5, 5.41) is 9.82. The van der Waals surface area contributed by atoms with E-state index in [-0.39, 0.29) is 17.7 Å². The molecule has 0 heterocycles. The maximum absolute atomic E-state index is 12.4. The van der Waals surface area contributed by atoms with Gasteiger partial charge in [0.1, 0.15) is 5.76 Å². The van der Waals surface area contributed by atoms with Crippen LogP contribution in [0.1, 0.15) is 11.1 Å². The number of fused-ring (bicyclic) bond motifs is 1. The van der Waals surface area contributed by atoms with Gasteiger partial charge in [-0.15, -0.1) is 0 Å². The highest BCUT2D eigenvalue weighted by Crippen LogP contribution is 2.40. The zero-order chi connectivity index (χ0) is 15.1. The molecular weight excluding hydrogens is 277 g/mol. The number of methoxy groups -OCH3 is 2. The summed E-state index contributed by atoms with van der Waals surface area (Å²) in [4.78, 5) is 11.2. The molecule has 0 amide bonds. The van der Waals surface area contributed by atoms with E-state index in [1.165, 1.54) is 26.4 Å². The van der Waals surface area contributed by atoms with Crippen molar-refractivity contribution in [2.24, 2.45) is 0 Å². The second kappa shape index (κ2) is 4.73. The zero-order valence-electron chi connectivity index (χ0n) is 10.7. The highest BCUT2D eigenvalue weighted by atomic mass is 19.4. The van der Waals surface area contributed by atoms with E-state index in [2.05, 4.69) is 0 Å². The van der Waals surface area contributed by atoms with Crippen LogP contribution in [0.2, 0.25) is 0 Å². The van der Waals surface area contributed by atoms with Crippen LogP contribution in [0.3, 0.4) is 0 Å². The number of ether oxygens (including phenoxy) is 2. The molecule has 1 aliphatic rings. The van der Waals surface area contributed by atoms with Gasteiger partial charge in [0.2, 0.25) is 0 Å². The lowest BCUT2D eigenvalue weighted by atomic mass is 10.1. The summed E-state index contributed by atoms with van der Waals surface area (Å²) in [5.74, 6) is -2.12. The van der Waals surface area contributed by atoms with Gasteiger partial charge < -0.3 is 14.6 Å². The predicted molar refractivity (Wildman–Crippen MR) is 63.9 cm³/mol. The lowest BCUT2D eigenvalue weighted by molar-refractivity contribution is -0.166. The average Bonchev–Trinajstić information content (AvgIpc) is 2.71. The van der Waals surface area contributed by atoms with Gasteiger partial charge in [-0.25, -0.2) is 0 Å². The maximum atomic E-state index is 12.4. The van der Waals surface area contributed by atoms with Gasteiger partial charge in [-0.2, -0.15) is 13.2 Å². The Hall–Kier alpha value is -2.18. The Morgan fingerprint density at radius 3 is 2.25 bits per heavy atom. The van der Waals surface area contributed by atoms with Crippen LogP contribution in [0.4, 0.5) is 13.2 Å². The Morgan fingerprint density at radius 2 is 1.75 bits per heavy atom. The van der Waals surface area contributed by atoms with E-state index in [4.69, 9.17) is 9.47 Å². The Kier molecular flexibility index (Phi) is 3.37. The summed E-state index contributed by atoms with van der Waals surface area (Å²) in [5.41, 5.74) is -0.134. The second-order valence-corrected chi connectivity index (χ2v) is 4.20. The number of hydrogen-bond acceptors (Lipinski definition) is 4. The first-order valence-electron chi connectivity index (χ1n) is 5.58. The molecule has 0 saturated heterocycles. The van der Waals surface area contributed by atoms with Crippen molar-refractivity contribution in [2.75, 3.05) is 14.2 Å². The largest absolute Gasteiger partial charge is 0.507 e. The molecule has 0 bridgehead atoms. The molecule has 0 aromatic heterocycles. The fourth-order valence-corrected chi connectivity index (χ4v) is 2.08. The smallest absolute Gasteiger partial charge is 0.454 e. The lowest BCUT2D eigenvalue weighted by Crippen LogP contribution is -2.25.